The first-order valence-corrected chi connectivity index (χ1v) is 5.55. The Morgan fingerprint density at radius 2 is 2.33 bits per heavy atom. The first-order chi connectivity index (χ1) is 7.13. The zero-order valence-corrected chi connectivity index (χ0v) is 10.1. The molecular formula is C11H14ClNOS. The van der Waals surface area contributed by atoms with E-state index in [2.05, 4.69) is 5.32 Å². The van der Waals surface area contributed by atoms with E-state index in [1.54, 1.807) is 0 Å². The molecule has 0 bridgehead atoms. The summed E-state index contributed by atoms with van der Waals surface area (Å²) in [7, 11) is 0. The van der Waals surface area contributed by atoms with Crippen LogP contribution in [0.2, 0.25) is 5.02 Å². The SMILES string of the molecule is CC(=S)NC(CCO)c1cccc(Cl)c1. The standard InChI is InChI=1S/C11H14ClNOS/c1-8(15)13-11(5-6-14)9-3-2-4-10(12)7-9/h2-4,7,11,14H,5-6H2,1H3,(H,13,15). The van der Waals surface area contributed by atoms with Gasteiger partial charge in [-0.25, -0.2) is 0 Å². The Balaban J connectivity index is 2.83. The molecule has 0 saturated carbocycles. The molecule has 0 aliphatic carbocycles. The third kappa shape index (κ3) is 4.16. The van der Waals surface area contributed by atoms with E-state index < -0.39 is 0 Å². The smallest absolute Gasteiger partial charge is 0.0726 e. The van der Waals surface area contributed by atoms with Crippen LogP contribution in [0.3, 0.4) is 0 Å². The molecule has 1 unspecified atom stereocenters. The van der Waals surface area contributed by atoms with Crippen molar-refractivity contribution in [2.75, 3.05) is 6.61 Å². The van der Waals surface area contributed by atoms with E-state index in [4.69, 9.17) is 28.9 Å². The molecule has 2 N–H and O–H groups in total. The molecule has 15 heavy (non-hydrogen) atoms. The van der Waals surface area contributed by atoms with E-state index in [0.29, 0.717) is 16.4 Å². The first-order valence-electron chi connectivity index (χ1n) is 4.77. The molecule has 1 aromatic rings. The molecule has 2 nitrogen and oxygen atoms in total. The fourth-order valence-corrected chi connectivity index (χ4v) is 1.76. The van der Waals surface area contributed by atoms with Gasteiger partial charge in [-0.3, -0.25) is 0 Å². The van der Waals surface area contributed by atoms with Crippen LogP contribution in [-0.2, 0) is 0 Å². The number of nitrogens with one attached hydrogen (secondary N) is 1. The monoisotopic (exact) mass is 243 g/mol. The van der Waals surface area contributed by atoms with E-state index in [-0.39, 0.29) is 12.6 Å². The lowest BCUT2D eigenvalue weighted by Gasteiger charge is -2.18. The summed E-state index contributed by atoms with van der Waals surface area (Å²) < 4.78 is 0. The van der Waals surface area contributed by atoms with Gasteiger partial charge in [-0.15, -0.1) is 0 Å². The number of halogens is 1. The zero-order valence-electron chi connectivity index (χ0n) is 8.53. The lowest BCUT2D eigenvalue weighted by molar-refractivity contribution is 0.272. The van der Waals surface area contributed by atoms with Gasteiger partial charge in [0.25, 0.3) is 0 Å². The first kappa shape index (κ1) is 12.4. The minimum Gasteiger partial charge on any atom is -0.396 e. The highest BCUT2D eigenvalue weighted by Gasteiger charge is 2.10. The Labute approximate surface area is 100 Å². The van der Waals surface area contributed by atoms with Gasteiger partial charge in [0.1, 0.15) is 0 Å². The number of hydrogen-bond donors (Lipinski definition) is 2. The predicted octanol–water partition coefficient (Wildman–Crippen LogP) is 2.70. The van der Waals surface area contributed by atoms with Crippen LogP contribution >= 0.6 is 23.8 Å². The second-order valence-electron chi connectivity index (χ2n) is 3.32. The predicted molar refractivity (Wildman–Crippen MR) is 67.3 cm³/mol. The van der Waals surface area contributed by atoms with Crippen molar-refractivity contribution in [3.05, 3.63) is 34.9 Å². The molecule has 0 radical (unpaired) electrons. The van der Waals surface area contributed by atoms with Crippen molar-refractivity contribution in [3.8, 4) is 0 Å². The quantitative estimate of drug-likeness (QED) is 0.798. The molecule has 4 heteroatoms. The van der Waals surface area contributed by atoms with Crippen LogP contribution in [0.15, 0.2) is 24.3 Å². The molecule has 82 valence electrons. The Bertz CT molecular complexity index is 343. The molecule has 0 amide bonds. The maximum absolute atomic E-state index is 8.96. The summed E-state index contributed by atoms with van der Waals surface area (Å²) >= 11 is 10.9. The van der Waals surface area contributed by atoms with E-state index in [1.165, 1.54) is 0 Å². The second kappa shape index (κ2) is 6.05. The maximum atomic E-state index is 8.96. The maximum Gasteiger partial charge on any atom is 0.0726 e. The molecule has 0 aromatic heterocycles. The number of thiocarbonyl (C=S) groups is 1. The van der Waals surface area contributed by atoms with Crippen molar-refractivity contribution in [1.82, 2.24) is 5.32 Å². The number of rotatable bonds is 4. The number of aliphatic hydroxyl groups excluding tert-OH is 1. The van der Waals surface area contributed by atoms with Gasteiger partial charge in [-0.2, -0.15) is 0 Å². The number of hydrogen-bond acceptors (Lipinski definition) is 2. The van der Waals surface area contributed by atoms with Gasteiger partial charge in [-0.05, 0) is 31.0 Å². The van der Waals surface area contributed by atoms with E-state index in [0.717, 1.165) is 5.56 Å². The van der Waals surface area contributed by atoms with Gasteiger partial charge in [-0.1, -0.05) is 36.0 Å². The Kier molecular flexibility index (Phi) is 5.02. The summed E-state index contributed by atoms with van der Waals surface area (Å²) in [6, 6.07) is 7.60. The highest BCUT2D eigenvalue weighted by Crippen LogP contribution is 2.20. The van der Waals surface area contributed by atoms with Crippen LogP contribution in [0.5, 0.6) is 0 Å². The molecule has 1 rings (SSSR count). The Morgan fingerprint density at radius 3 is 2.87 bits per heavy atom. The third-order valence-electron chi connectivity index (χ3n) is 2.05. The highest BCUT2D eigenvalue weighted by atomic mass is 35.5. The van der Waals surface area contributed by atoms with Crippen molar-refractivity contribution in [2.24, 2.45) is 0 Å². The molecule has 1 aromatic carbocycles. The van der Waals surface area contributed by atoms with Crippen LogP contribution in [0, 0.1) is 0 Å². The normalized spacial score (nSPS) is 12.2. The van der Waals surface area contributed by atoms with Crippen LogP contribution in [-0.4, -0.2) is 16.7 Å². The van der Waals surface area contributed by atoms with Crippen molar-refractivity contribution in [1.29, 1.82) is 0 Å². The minimum absolute atomic E-state index is 0.0335. The van der Waals surface area contributed by atoms with Gasteiger partial charge >= 0.3 is 0 Å². The average Bonchev–Trinajstić information content (AvgIpc) is 2.16. The molecule has 0 aliphatic rings. The van der Waals surface area contributed by atoms with Gasteiger partial charge < -0.3 is 10.4 Å². The lowest BCUT2D eigenvalue weighted by Crippen LogP contribution is -2.25. The molecule has 0 aliphatic heterocycles. The van der Waals surface area contributed by atoms with Crippen molar-refractivity contribution < 1.29 is 5.11 Å². The topological polar surface area (TPSA) is 32.3 Å². The molecule has 0 fully saturated rings. The van der Waals surface area contributed by atoms with E-state index in [9.17, 15) is 0 Å². The fourth-order valence-electron chi connectivity index (χ4n) is 1.42. The summed E-state index contributed by atoms with van der Waals surface area (Å²) in [6.45, 7) is 1.94. The van der Waals surface area contributed by atoms with Gasteiger partial charge in [0.05, 0.1) is 11.0 Å². The summed E-state index contributed by atoms with van der Waals surface area (Å²) in [5.41, 5.74) is 1.04. The van der Waals surface area contributed by atoms with Crippen LogP contribution in [0.25, 0.3) is 0 Å². The molecular weight excluding hydrogens is 230 g/mol. The Hall–Kier alpha value is -0.640. The van der Waals surface area contributed by atoms with Gasteiger partial charge in [0, 0.05) is 11.6 Å². The molecule has 0 saturated heterocycles. The minimum atomic E-state index is 0.0335. The van der Waals surface area contributed by atoms with E-state index in [1.807, 2.05) is 31.2 Å². The van der Waals surface area contributed by atoms with Crippen molar-refractivity contribution in [3.63, 3.8) is 0 Å². The van der Waals surface area contributed by atoms with Crippen molar-refractivity contribution in [2.45, 2.75) is 19.4 Å². The second-order valence-corrected chi connectivity index (χ2v) is 4.37. The fraction of sp³-hybridized carbons (Fsp3) is 0.364. The summed E-state index contributed by atoms with van der Waals surface area (Å²) in [4.78, 5) is 0.716. The third-order valence-corrected chi connectivity index (χ3v) is 2.40. The van der Waals surface area contributed by atoms with E-state index >= 15 is 0 Å². The molecule has 0 heterocycles. The number of benzene rings is 1. The highest BCUT2D eigenvalue weighted by molar-refractivity contribution is 7.80. The van der Waals surface area contributed by atoms with Crippen LogP contribution in [0.4, 0.5) is 0 Å². The Morgan fingerprint density at radius 1 is 1.60 bits per heavy atom. The van der Waals surface area contributed by atoms with Gasteiger partial charge in [0.15, 0.2) is 0 Å². The summed E-state index contributed by atoms with van der Waals surface area (Å²) in [5.74, 6) is 0. The lowest BCUT2D eigenvalue weighted by atomic mass is 10.0. The zero-order chi connectivity index (χ0) is 11.3. The molecule has 1 atom stereocenters. The average molecular weight is 244 g/mol. The molecule has 0 spiro atoms. The number of aliphatic hydroxyl groups is 1. The van der Waals surface area contributed by atoms with Crippen LogP contribution < -0.4 is 5.32 Å². The van der Waals surface area contributed by atoms with Crippen molar-refractivity contribution >= 4 is 28.8 Å². The largest absolute Gasteiger partial charge is 0.396 e. The summed E-state index contributed by atoms with van der Waals surface area (Å²) in [6.07, 6.45) is 0.619. The summed E-state index contributed by atoms with van der Waals surface area (Å²) in [5, 5.41) is 12.8. The van der Waals surface area contributed by atoms with Gasteiger partial charge in [0.2, 0.25) is 0 Å². The van der Waals surface area contributed by atoms with Crippen LogP contribution in [0.1, 0.15) is 24.9 Å².